The van der Waals surface area contributed by atoms with E-state index in [1.807, 2.05) is 26.0 Å². The molecule has 1 aromatic carbocycles. The number of hydrogen-bond acceptors (Lipinski definition) is 1. The fourth-order valence-electron chi connectivity index (χ4n) is 2.38. The summed E-state index contributed by atoms with van der Waals surface area (Å²) in [5.74, 6) is -0.0192. The zero-order chi connectivity index (χ0) is 10.8. The quantitative estimate of drug-likeness (QED) is 0.786. The minimum absolute atomic E-state index is 0.0192. The summed E-state index contributed by atoms with van der Waals surface area (Å²) in [4.78, 5) is 0. The molecule has 1 aliphatic rings. The zero-order valence-electron chi connectivity index (χ0n) is 9.44. The van der Waals surface area contributed by atoms with Crippen LogP contribution in [0.1, 0.15) is 29.5 Å². The lowest BCUT2D eigenvalue weighted by molar-refractivity contribution is 0.556. The number of nitrogens with one attached hydrogen (secondary N) is 1. The molecule has 0 aliphatic carbocycles. The fourth-order valence-corrected chi connectivity index (χ4v) is 2.38. The Hall–Kier alpha value is -0.890. The van der Waals surface area contributed by atoms with Crippen LogP contribution < -0.4 is 5.32 Å². The molecule has 1 heterocycles. The van der Waals surface area contributed by atoms with Crippen molar-refractivity contribution in [3.8, 4) is 0 Å². The highest BCUT2D eigenvalue weighted by Crippen LogP contribution is 2.19. The van der Waals surface area contributed by atoms with E-state index < -0.39 is 0 Å². The fraction of sp³-hybridized carbons (Fsp3) is 0.538. The van der Waals surface area contributed by atoms with Gasteiger partial charge >= 0.3 is 0 Å². The maximum absolute atomic E-state index is 13.8. The summed E-state index contributed by atoms with van der Waals surface area (Å²) >= 11 is 0. The smallest absolute Gasteiger partial charge is 0.129 e. The first-order chi connectivity index (χ1) is 7.16. The lowest BCUT2D eigenvalue weighted by atomic mass is 9.99. The van der Waals surface area contributed by atoms with Crippen molar-refractivity contribution in [3.63, 3.8) is 0 Å². The van der Waals surface area contributed by atoms with Gasteiger partial charge in [0.15, 0.2) is 0 Å². The summed E-state index contributed by atoms with van der Waals surface area (Å²) in [7, 11) is 0. The van der Waals surface area contributed by atoms with E-state index in [2.05, 4.69) is 5.32 Å². The van der Waals surface area contributed by atoms with E-state index in [0.29, 0.717) is 6.04 Å². The first-order valence-electron chi connectivity index (χ1n) is 5.66. The van der Waals surface area contributed by atoms with Gasteiger partial charge in [0.25, 0.3) is 0 Å². The second-order valence-corrected chi connectivity index (χ2v) is 4.55. The first kappa shape index (κ1) is 10.6. The van der Waals surface area contributed by atoms with Gasteiger partial charge in [-0.15, -0.1) is 0 Å². The Balaban J connectivity index is 2.19. The van der Waals surface area contributed by atoms with Crippen LogP contribution in [0, 0.1) is 19.7 Å². The minimum atomic E-state index is -0.0192. The van der Waals surface area contributed by atoms with Crippen molar-refractivity contribution in [2.45, 2.75) is 39.2 Å². The molecule has 0 amide bonds. The van der Waals surface area contributed by atoms with E-state index in [4.69, 9.17) is 0 Å². The third-order valence-corrected chi connectivity index (χ3v) is 3.10. The largest absolute Gasteiger partial charge is 0.314 e. The molecule has 0 radical (unpaired) electrons. The van der Waals surface area contributed by atoms with Crippen molar-refractivity contribution in [1.29, 1.82) is 0 Å². The summed E-state index contributed by atoms with van der Waals surface area (Å²) in [6.07, 6.45) is 3.22. The number of halogens is 1. The van der Waals surface area contributed by atoms with Crippen molar-refractivity contribution < 1.29 is 4.39 Å². The molecule has 0 saturated carbocycles. The minimum Gasteiger partial charge on any atom is -0.314 e. The monoisotopic (exact) mass is 207 g/mol. The molecular formula is C13H18FN. The Labute approximate surface area is 90.7 Å². The second kappa shape index (κ2) is 4.31. The van der Waals surface area contributed by atoms with Crippen LogP contribution in [0.2, 0.25) is 0 Å². The third kappa shape index (κ3) is 2.37. The summed E-state index contributed by atoms with van der Waals surface area (Å²) in [5, 5.41) is 3.40. The van der Waals surface area contributed by atoms with Crippen molar-refractivity contribution in [1.82, 2.24) is 5.32 Å². The van der Waals surface area contributed by atoms with E-state index in [9.17, 15) is 4.39 Å². The van der Waals surface area contributed by atoms with Crippen molar-refractivity contribution in [2.24, 2.45) is 0 Å². The van der Waals surface area contributed by atoms with Gasteiger partial charge < -0.3 is 5.32 Å². The van der Waals surface area contributed by atoms with Crippen LogP contribution in [0.25, 0.3) is 0 Å². The van der Waals surface area contributed by atoms with Crippen LogP contribution in [0.4, 0.5) is 4.39 Å². The summed E-state index contributed by atoms with van der Waals surface area (Å²) in [5.41, 5.74) is 2.79. The standard InChI is InChI=1S/C13H18FN/c1-9-6-10(2)13(14)11(7-9)8-12-4-3-5-15-12/h6-7,12,15H,3-5,8H2,1-2H3. The molecule has 1 aliphatic heterocycles. The molecule has 1 atom stereocenters. The Kier molecular flexibility index (Phi) is 3.06. The van der Waals surface area contributed by atoms with Gasteiger partial charge in [-0.25, -0.2) is 4.39 Å². The normalized spacial score (nSPS) is 20.9. The van der Waals surface area contributed by atoms with Gasteiger partial charge in [-0.1, -0.05) is 17.7 Å². The van der Waals surface area contributed by atoms with Gasteiger partial charge in [0, 0.05) is 6.04 Å². The second-order valence-electron chi connectivity index (χ2n) is 4.55. The Bertz CT molecular complexity index is 354. The topological polar surface area (TPSA) is 12.0 Å². The highest BCUT2D eigenvalue weighted by molar-refractivity contribution is 5.31. The van der Waals surface area contributed by atoms with Crippen molar-refractivity contribution in [3.05, 3.63) is 34.6 Å². The molecule has 2 heteroatoms. The van der Waals surface area contributed by atoms with Gasteiger partial charge in [-0.05, 0) is 50.8 Å². The molecule has 15 heavy (non-hydrogen) atoms. The molecule has 1 fully saturated rings. The first-order valence-corrected chi connectivity index (χ1v) is 5.66. The molecular weight excluding hydrogens is 189 g/mol. The van der Waals surface area contributed by atoms with Crippen LogP contribution >= 0.6 is 0 Å². The van der Waals surface area contributed by atoms with E-state index in [1.54, 1.807) is 0 Å². The van der Waals surface area contributed by atoms with Crippen molar-refractivity contribution in [2.75, 3.05) is 6.54 Å². The van der Waals surface area contributed by atoms with E-state index in [1.165, 1.54) is 12.8 Å². The molecule has 1 N–H and O–H groups in total. The maximum atomic E-state index is 13.8. The van der Waals surface area contributed by atoms with Gasteiger partial charge in [-0.3, -0.25) is 0 Å². The van der Waals surface area contributed by atoms with Crippen LogP contribution in [-0.2, 0) is 6.42 Å². The molecule has 1 nitrogen and oxygen atoms in total. The molecule has 1 unspecified atom stereocenters. The molecule has 82 valence electrons. The third-order valence-electron chi connectivity index (χ3n) is 3.10. The predicted octanol–water partition coefficient (Wildman–Crippen LogP) is 2.74. The average molecular weight is 207 g/mol. The number of aryl methyl sites for hydroxylation is 2. The predicted molar refractivity (Wildman–Crippen MR) is 60.6 cm³/mol. The SMILES string of the molecule is Cc1cc(C)c(F)c(CC2CCCN2)c1. The van der Waals surface area contributed by atoms with Crippen LogP contribution in [0.3, 0.4) is 0 Å². The zero-order valence-corrected chi connectivity index (χ0v) is 9.44. The lowest BCUT2D eigenvalue weighted by Gasteiger charge is -2.12. The number of hydrogen-bond donors (Lipinski definition) is 1. The molecule has 0 aromatic heterocycles. The number of rotatable bonds is 2. The van der Waals surface area contributed by atoms with Gasteiger partial charge in [0.2, 0.25) is 0 Å². The highest BCUT2D eigenvalue weighted by Gasteiger charge is 2.17. The van der Waals surface area contributed by atoms with Gasteiger partial charge in [0.1, 0.15) is 5.82 Å². The van der Waals surface area contributed by atoms with E-state index >= 15 is 0 Å². The lowest BCUT2D eigenvalue weighted by Crippen LogP contribution is -2.24. The molecule has 0 bridgehead atoms. The summed E-state index contributed by atoms with van der Waals surface area (Å²) < 4.78 is 13.8. The molecule has 1 saturated heterocycles. The summed E-state index contributed by atoms with van der Waals surface area (Å²) in [6, 6.07) is 4.35. The molecule has 0 spiro atoms. The average Bonchev–Trinajstić information content (AvgIpc) is 2.66. The molecule has 1 aromatic rings. The Morgan fingerprint density at radius 1 is 1.40 bits per heavy atom. The Morgan fingerprint density at radius 2 is 2.20 bits per heavy atom. The molecule has 2 rings (SSSR count). The Morgan fingerprint density at radius 3 is 2.87 bits per heavy atom. The van der Waals surface area contributed by atoms with Crippen LogP contribution in [0.5, 0.6) is 0 Å². The van der Waals surface area contributed by atoms with Crippen LogP contribution in [-0.4, -0.2) is 12.6 Å². The maximum Gasteiger partial charge on any atom is 0.129 e. The van der Waals surface area contributed by atoms with E-state index in [-0.39, 0.29) is 5.82 Å². The van der Waals surface area contributed by atoms with Gasteiger partial charge in [0.05, 0.1) is 0 Å². The van der Waals surface area contributed by atoms with Crippen molar-refractivity contribution >= 4 is 0 Å². The highest BCUT2D eigenvalue weighted by atomic mass is 19.1. The summed E-state index contributed by atoms with van der Waals surface area (Å²) in [6.45, 7) is 4.95. The van der Waals surface area contributed by atoms with Crippen LogP contribution in [0.15, 0.2) is 12.1 Å². The number of benzene rings is 1. The van der Waals surface area contributed by atoms with Gasteiger partial charge in [-0.2, -0.15) is 0 Å². The van der Waals surface area contributed by atoms with E-state index in [0.717, 1.165) is 29.7 Å².